The highest BCUT2D eigenvalue weighted by Gasteiger charge is 2.13. The van der Waals surface area contributed by atoms with E-state index in [2.05, 4.69) is 0 Å². The van der Waals surface area contributed by atoms with Crippen LogP contribution in [0.2, 0.25) is 0 Å². The minimum Gasteiger partial charge on any atom is -0.496 e. The summed E-state index contributed by atoms with van der Waals surface area (Å²) in [5, 5.41) is 8.53. The summed E-state index contributed by atoms with van der Waals surface area (Å²) in [6, 6.07) is 3.20. The Morgan fingerprint density at radius 1 is 1.20 bits per heavy atom. The maximum Gasteiger partial charge on any atom is 0.303 e. The first-order valence-electron chi connectivity index (χ1n) is 6.18. The molecule has 0 saturated heterocycles. The molecule has 0 atom stereocenters. The van der Waals surface area contributed by atoms with E-state index in [1.54, 1.807) is 12.1 Å². The van der Waals surface area contributed by atoms with Gasteiger partial charge in [0.05, 0.1) is 26.4 Å². The van der Waals surface area contributed by atoms with Crippen molar-refractivity contribution in [3.63, 3.8) is 0 Å². The molecule has 110 valence electrons. The van der Waals surface area contributed by atoms with Crippen LogP contribution in [0.3, 0.4) is 0 Å². The Balaban J connectivity index is 2.72. The molecule has 0 saturated carbocycles. The van der Waals surface area contributed by atoms with Crippen LogP contribution in [0.5, 0.6) is 17.2 Å². The molecule has 1 aromatic carbocycles. The summed E-state index contributed by atoms with van der Waals surface area (Å²) < 4.78 is 15.7. The van der Waals surface area contributed by atoms with Gasteiger partial charge in [-0.3, -0.25) is 9.59 Å². The minimum absolute atomic E-state index is 0.103. The number of aliphatic carboxylic acids is 1. The Labute approximate surface area is 117 Å². The molecular weight excluding hydrogens is 264 g/mol. The van der Waals surface area contributed by atoms with Gasteiger partial charge in [0.25, 0.3) is 0 Å². The number of carboxylic acids is 1. The van der Waals surface area contributed by atoms with E-state index in [0.717, 1.165) is 0 Å². The minimum atomic E-state index is -0.832. The van der Waals surface area contributed by atoms with Crippen molar-refractivity contribution < 1.29 is 28.9 Å². The van der Waals surface area contributed by atoms with E-state index >= 15 is 0 Å². The molecule has 20 heavy (non-hydrogen) atoms. The Hall–Kier alpha value is -2.24. The smallest absolute Gasteiger partial charge is 0.303 e. The molecule has 1 aromatic rings. The van der Waals surface area contributed by atoms with Crippen molar-refractivity contribution in [1.82, 2.24) is 0 Å². The topological polar surface area (TPSA) is 82.1 Å². The highest BCUT2D eigenvalue weighted by Crippen LogP contribution is 2.32. The first-order chi connectivity index (χ1) is 9.62. The number of unbranched alkanes of at least 4 members (excludes halogenated alkanes) is 1. The summed E-state index contributed by atoms with van der Waals surface area (Å²) in [6.45, 7) is 0.324. The summed E-state index contributed by atoms with van der Waals surface area (Å²) >= 11 is 0. The number of rotatable bonds is 9. The Morgan fingerprint density at radius 2 is 1.90 bits per heavy atom. The normalized spacial score (nSPS) is 9.90. The van der Waals surface area contributed by atoms with Gasteiger partial charge in [0.2, 0.25) is 0 Å². The number of ether oxygens (including phenoxy) is 3. The lowest BCUT2D eigenvalue weighted by molar-refractivity contribution is -0.137. The van der Waals surface area contributed by atoms with E-state index in [-0.39, 0.29) is 6.42 Å². The van der Waals surface area contributed by atoms with Crippen LogP contribution < -0.4 is 14.2 Å². The summed E-state index contributed by atoms with van der Waals surface area (Å²) in [6.07, 6.45) is 1.87. The van der Waals surface area contributed by atoms with E-state index in [4.69, 9.17) is 19.3 Å². The average Bonchev–Trinajstić information content (AvgIpc) is 2.45. The van der Waals surface area contributed by atoms with Crippen molar-refractivity contribution in [2.24, 2.45) is 0 Å². The van der Waals surface area contributed by atoms with Gasteiger partial charge in [-0.1, -0.05) is 0 Å². The zero-order valence-corrected chi connectivity index (χ0v) is 11.5. The standard InChI is InChI=1S/C14H18O6/c1-18-10-7-12(19-2)11(9-15)13(8-10)20-6-4-3-5-14(16)17/h7-9H,3-6H2,1-2H3,(H,16,17). The summed E-state index contributed by atoms with van der Waals surface area (Å²) in [5.74, 6) is 0.432. The van der Waals surface area contributed by atoms with Gasteiger partial charge in [0.15, 0.2) is 6.29 Å². The third-order valence-corrected chi connectivity index (χ3v) is 2.69. The molecule has 0 radical (unpaired) electrons. The molecule has 1 N–H and O–H groups in total. The number of aldehydes is 1. The van der Waals surface area contributed by atoms with Crippen LogP contribution in [0.25, 0.3) is 0 Å². The van der Waals surface area contributed by atoms with Gasteiger partial charge in [0.1, 0.15) is 17.2 Å². The second-order valence-corrected chi connectivity index (χ2v) is 4.06. The number of carbonyl (C=O) groups excluding carboxylic acids is 1. The fraction of sp³-hybridized carbons (Fsp3) is 0.429. The monoisotopic (exact) mass is 282 g/mol. The van der Waals surface area contributed by atoms with Crippen LogP contribution >= 0.6 is 0 Å². The molecule has 0 aliphatic rings. The SMILES string of the molecule is COc1cc(OC)c(C=O)c(OCCCCC(=O)O)c1. The van der Waals surface area contributed by atoms with Gasteiger partial charge in [-0.2, -0.15) is 0 Å². The van der Waals surface area contributed by atoms with Gasteiger partial charge in [-0.05, 0) is 12.8 Å². The molecule has 6 heteroatoms. The number of carboxylic acid groups (broad SMARTS) is 1. The van der Waals surface area contributed by atoms with Gasteiger partial charge in [0, 0.05) is 18.6 Å². The third kappa shape index (κ3) is 4.46. The van der Waals surface area contributed by atoms with Crippen molar-refractivity contribution in [3.8, 4) is 17.2 Å². The van der Waals surface area contributed by atoms with Crippen LogP contribution in [0.4, 0.5) is 0 Å². The highest BCUT2D eigenvalue weighted by atomic mass is 16.5. The number of carbonyl (C=O) groups is 2. The fourth-order valence-corrected chi connectivity index (χ4v) is 1.66. The lowest BCUT2D eigenvalue weighted by Gasteiger charge is -2.13. The van der Waals surface area contributed by atoms with Crippen molar-refractivity contribution in [1.29, 1.82) is 0 Å². The maximum atomic E-state index is 11.1. The van der Waals surface area contributed by atoms with Crippen LogP contribution in [0.15, 0.2) is 12.1 Å². The summed E-state index contributed by atoms with van der Waals surface area (Å²) in [5.41, 5.74) is 0.312. The van der Waals surface area contributed by atoms with Crippen molar-refractivity contribution in [2.45, 2.75) is 19.3 Å². The zero-order valence-electron chi connectivity index (χ0n) is 11.5. The molecule has 0 amide bonds. The number of hydrogen-bond donors (Lipinski definition) is 1. The van der Waals surface area contributed by atoms with Crippen LogP contribution in [-0.4, -0.2) is 38.2 Å². The molecule has 0 unspecified atom stereocenters. The van der Waals surface area contributed by atoms with Gasteiger partial charge in [-0.25, -0.2) is 0 Å². The number of hydrogen-bond acceptors (Lipinski definition) is 5. The van der Waals surface area contributed by atoms with E-state index in [1.165, 1.54) is 14.2 Å². The second-order valence-electron chi connectivity index (χ2n) is 4.06. The van der Waals surface area contributed by atoms with Crippen LogP contribution in [0.1, 0.15) is 29.6 Å². The number of benzene rings is 1. The van der Waals surface area contributed by atoms with Crippen molar-refractivity contribution in [2.75, 3.05) is 20.8 Å². The zero-order chi connectivity index (χ0) is 15.0. The van der Waals surface area contributed by atoms with Crippen LogP contribution in [0, 0.1) is 0 Å². The quantitative estimate of drug-likeness (QED) is 0.552. The van der Waals surface area contributed by atoms with E-state index < -0.39 is 5.97 Å². The highest BCUT2D eigenvalue weighted by molar-refractivity contribution is 5.84. The lowest BCUT2D eigenvalue weighted by atomic mass is 10.2. The molecule has 0 aromatic heterocycles. The predicted octanol–water partition coefficient (Wildman–Crippen LogP) is 2.15. The third-order valence-electron chi connectivity index (χ3n) is 2.69. The first-order valence-corrected chi connectivity index (χ1v) is 6.18. The van der Waals surface area contributed by atoms with E-state index in [1.807, 2.05) is 0 Å². The molecule has 0 aliphatic heterocycles. The molecule has 0 aliphatic carbocycles. The van der Waals surface area contributed by atoms with E-state index in [9.17, 15) is 9.59 Å². The molecule has 0 fully saturated rings. The molecule has 0 heterocycles. The van der Waals surface area contributed by atoms with Gasteiger partial charge in [-0.15, -0.1) is 0 Å². The first kappa shape index (κ1) is 15.8. The van der Waals surface area contributed by atoms with Crippen molar-refractivity contribution >= 4 is 12.3 Å². The molecular formula is C14H18O6. The van der Waals surface area contributed by atoms with Gasteiger partial charge >= 0.3 is 5.97 Å². The largest absolute Gasteiger partial charge is 0.496 e. The summed E-state index contributed by atoms with van der Waals surface area (Å²) in [4.78, 5) is 21.5. The predicted molar refractivity (Wildman–Crippen MR) is 71.9 cm³/mol. The Morgan fingerprint density at radius 3 is 2.45 bits per heavy atom. The molecule has 0 spiro atoms. The Bertz CT molecular complexity index is 469. The molecule has 1 rings (SSSR count). The van der Waals surface area contributed by atoms with Crippen molar-refractivity contribution in [3.05, 3.63) is 17.7 Å². The second kappa shape index (κ2) is 8.04. The average molecular weight is 282 g/mol. The van der Waals surface area contributed by atoms with Gasteiger partial charge < -0.3 is 19.3 Å². The maximum absolute atomic E-state index is 11.1. The van der Waals surface area contributed by atoms with Crippen LogP contribution in [-0.2, 0) is 4.79 Å². The lowest BCUT2D eigenvalue weighted by Crippen LogP contribution is -2.03. The fourth-order valence-electron chi connectivity index (χ4n) is 1.66. The summed E-state index contributed by atoms with van der Waals surface area (Å²) in [7, 11) is 2.96. The van der Waals surface area contributed by atoms with E-state index in [0.29, 0.717) is 48.5 Å². The molecule has 6 nitrogen and oxygen atoms in total. The number of methoxy groups -OCH3 is 2. The molecule has 0 bridgehead atoms. The Kier molecular flexibility index (Phi) is 6.36.